The summed E-state index contributed by atoms with van der Waals surface area (Å²) in [6.45, 7) is 0. The Morgan fingerprint density at radius 1 is 1.38 bits per heavy atom. The molecule has 1 rings (SSSR count). The molecule has 0 aromatic carbocycles. The number of hydrogen-bond donors (Lipinski definition) is 0. The highest BCUT2D eigenvalue weighted by Crippen LogP contribution is 2.37. The first-order chi connectivity index (χ1) is 7.29. The van der Waals surface area contributed by atoms with Gasteiger partial charge in [-0.15, -0.1) is 0 Å². The highest BCUT2D eigenvalue weighted by atomic mass is 127. The van der Waals surface area contributed by atoms with E-state index in [0.29, 0.717) is 6.20 Å². The van der Waals surface area contributed by atoms with Gasteiger partial charge < -0.3 is 0 Å². The SMILES string of the molecule is O=Cc1cnc(C(F)F)c(I)c1C(F)(F)F. The minimum Gasteiger partial charge on any atom is -0.298 e. The number of carbonyl (C=O) groups excluding carboxylic acids is 1. The number of hydrogen-bond acceptors (Lipinski definition) is 2. The molecule has 0 saturated heterocycles. The maximum atomic E-state index is 12.5. The molecule has 0 saturated carbocycles. The lowest BCUT2D eigenvalue weighted by atomic mass is 10.1. The van der Waals surface area contributed by atoms with E-state index >= 15 is 0 Å². The fourth-order valence-electron chi connectivity index (χ4n) is 1.04. The van der Waals surface area contributed by atoms with Crippen molar-refractivity contribution in [3.63, 3.8) is 0 Å². The number of carbonyl (C=O) groups is 1. The summed E-state index contributed by atoms with van der Waals surface area (Å²) < 4.78 is 61.4. The van der Waals surface area contributed by atoms with Crippen LogP contribution >= 0.6 is 22.6 Å². The molecule has 0 bridgehead atoms. The van der Waals surface area contributed by atoms with Gasteiger partial charge in [-0.25, -0.2) is 8.78 Å². The number of rotatable bonds is 2. The van der Waals surface area contributed by atoms with Crippen LogP contribution in [0.2, 0.25) is 0 Å². The summed E-state index contributed by atoms with van der Waals surface area (Å²) in [6, 6.07) is 0. The van der Waals surface area contributed by atoms with Crippen molar-refractivity contribution in [2.45, 2.75) is 12.6 Å². The Hall–Kier alpha value is -0.800. The number of pyridine rings is 1. The molecule has 0 aliphatic carbocycles. The van der Waals surface area contributed by atoms with Crippen LogP contribution in [0.15, 0.2) is 6.20 Å². The molecule has 1 aromatic heterocycles. The molecule has 0 N–H and O–H groups in total. The van der Waals surface area contributed by atoms with Gasteiger partial charge in [0.05, 0.1) is 9.13 Å². The summed E-state index contributed by atoms with van der Waals surface area (Å²) in [7, 11) is 0. The standard InChI is InChI=1S/C8H3F5INO/c9-7(10)6-5(14)4(8(11,12)13)3(2-16)1-15-6/h1-2,7H. The Morgan fingerprint density at radius 2 is 1.94 bits per heavy atom. The third-order valence-corrected chi connectivity index (χ3v) is 2.78. The number of aromatic nitrogens is 1. The lowest BCUT2D eigenvalue weighted by molar-refractivity contribution is -0.138. The number of nitrogens with zero attached hydrogens (tertiary/aromatic N) is 1. The van der Waals surface area contributed by atoms with E-state index in [4.69, 9.17) is 0 Å². The monoisotopic (exact) mass is 351 g/mol. The maximum absolute atomic E-state index is 12.5. The van der Waals surface area contributed by atoms with Crippen molar-refractivity contribution in [2.75, 3.05) is 0 Å². The fourth-order valence-corrected chi connectivity index (χ4v) is 2.04. The smallest absolute Gasteiger partial charge is 0.298 e. The minimum atomic E-state index is -4.86. The first kappa shape index (κ1) is 13.3. The van der Waals surface area contributed by atoms with Crippen molar-refractivity contribution in [1.29, 1.82) is 0 Å². The molecule has 0 unspecified atom stereocenters. The highest BCUT2D eigenvalue weighted by Gasteiger charge is 2.38. The summed E-state index contributed by atoms with van der Waals surface area (Å²) in [5.41, 5.74) is -3.09. The molecule has 2 nitrogen and oxygen atoms in total. The van der Waals surface area contributed by atoms with Gasteiger partial charge in [-0.1, -0.05) is 0 Å². The third-order valence-electron chi connectivity index (χ3n) is 1.69. The van der Waals surface area contributed by atoms with Gasteiger partial charge in [-0.2, -0.15) is 13.2 Å². The largest absolute Gasteiger partial charge is 0.418 e. The van der Waals surface area contributed by atoms with Crippen molar-refractivity contribution < 1.29 is 26.7 Å². The van der Waals surface area contributed by atoms with E-state index in [1.54, 1.807) is 0 Å². The van der Waals surface area contributed by atoms with Gasteiger partial charge in [-0.3, -0.25) is 9.78 Å². The topological polar surface area (TPSA) is 30.0 Å². The molecule has 0 radical (unpaired) electrons. The van der Waals surface area contributed by atoms with Gasteiger partial charge in [0.25, 0.3) is 6.43 Å². The predicted octanol–water partition coefficient (Wildman–Crippen LogP) is 3.46. The molecular formula is C8H3F5INO. The Bertz CT molecular complexity index is 418. The molecule has 0 atom stereocenters. The van der Waals surface area contributed by atoms with Crippen LogP contribution in [0, 0.1) is 3.57 Å². The first-order valence-corrected chi connectivity index (χ1v) is 4.85. The lowest BCUT2D eigenvalue weighted by Crippen LogP contribution is -2.14. The summed E-state index contributed by atoms with van der Waals surface area (Å²) in [6.07, 6.45) is -7.54. The molecule has 88 valence electrons. The number of aldehydes is 1. The van der Waals surface area contributed by atoms with E-state index < -0.39 is 33.0 Å². The highest BCUT2D eigenvalue weighted by molar-refractivity contribution is 14.1. The average Bonchev–Trinajstić information content (AvgIpc) is 2.14. The molecular weight excluding hydrogens is 348 g/mol. The van der Waals surface area contributed by atoms with Crippen molar-refractivity contribution in [1.82, 2.24) is 4.98 Å². The zero-order valence-electron chi connectivity index (χ0n) is 7.36. The summed E-state index contributed by atoms with van der Waals surface area (Å²) in [5.74, 6) is 0. The zero-order valence-corrected chi connectivity index (χ0v) is 9.51. The Kier molecular flexibility index (Phi) is 3.81. The minimum absolute atomic E-state index is 0.0623. The molecule has 0 spiro atoms. The molecule has 0 aliphatic heterocycles. The van der Waals surface area contributed by atoms with Crippen LogP contribution < -0.4 is 0 Å². The molecule has 0 fully saturated rings. The van der Waals surface area contributed by atoms with Crippen LogP contribution in [0.25, 0.3) is 0 Å². The predicted molar refractivity (Wildman–Crippen MR) is 52.3 cm³/mol. The second-order valence-electron chi connectivity index (χ2n) is 2.70. The van der Waals surface area contributed by atoms with E-state index in [1.807, 2.05) is 0 Å². The fraction of sp³-hybridized carbons (Fsp3) is 0.250. The van der Waals surface area contributed by atoms with Gasteiger partial charge in [0, 0.05) is 11.8 Å². The van der Waals surface area contributed by atoms with Crippen molar-refractivity contribution in [2.24, 2.45) is 0 Å². The molecule has 1 heterocycles. The van der Waals surface area contributed by atoms with Crippen LogP contribution in [0.1, 0.15) is 28.0 Å². The van der Waals surface area contributed by atoms with Gasteiger partial charge >= 0.3 is 6.18 Å². The van der Waals surface area contributed by atoms with Gasteiger partial charge in [0.1, 0.15) is 5.69 Å². The molecule has 8 heteroatoms. The molecule has 16 heavy (non-hydrogen) atoms. The van der Waals surface area contributed by atoms with Crippen molar-refractivity contribution >= 4 is 28.9 Å². The van der Waals surface area contributed by atoms with Crippen LogP contribution in [0.3, 0.4) is 0 Å². The van der Waals surface area contributed by atoms with E-state index in [2.05, 4.69) is 4.98 Å². The average molecular weight is 351 g/mol. The van der Waals surface area contributed by atoms with Crippen molar-refractivity contribution in [3.05, 3.63) is 26.6 Å². The number of halogens is 6. The first-order valence-electron chi connectivity index (χ1n) is 3.78. The zero-order chi connectivity index (χ0) is 12.5. The molecule has 1 aromatic rings. The normalized spacial score (nSPS) is 11.9. The second kappa shape index (κ2) is 4.60. The van der Waals surface area contributed by atoms with Crippen LogP contribution in [0.5, 0.6) is 0 Å². The Balaban J connectivity index is 3.53. The van der Waals surface area contributed by atoms with Gasteiger partial charge in [-0.05, 0) is 22.6 Å². The summed E-state index contributed by atoms with van der Waals surface area (Å²) in [4.78, 5) is 13.5. The molecule has 0 aliphatic rings. The van der Waals surface area contributed by atoms with Crippen LogP contribution in [0.4, 0.5) is 22.0 Å². The van der Waals surface area contributed by atoms with Gasteiger partial charge in [0.2, 0.25) is 0 Å². The lowest BCUT2D eigenvalue weighted by Gasteiger charge is -2.13. The van der Waals surface area contributed by atoms with E-state index in [1.165, 1.54) is 0 Å². The van der Waals surface area contributed by atoms with E-state index in [0.717, 1.165) is 22.6 Å². The quantitative estimate of drug-likeness (QED) is 0.464. The van der Waals surface area contributed by atoms with E-state index in [-0.39, 0.29) is 6.29 Å². The van der Waals surface area contributed by atoms with Crippen molar-refractivity contribution in [3.8, 4) is 0 Å². The van der Waals surface area contributed by atoms with Crippen LogP contribution in [-0.4, -0.2) is 11.3 Å². The summed E-state index contributed by atoms with van der Waals surface area (Å²) in [5, 5.41) is 0. The Labute approximate surface area is 100.0 Å². The third kappa shape index (κ3) is 2.47. The number of alkyl halides is 5. The molecule has 0 amide bonds. The van der Waals surface area contributed by atoms with E-state index in [9.17, 15) is 26.7 Å². The van der Waals surface area contributed by atoms with Crippen LogP contribution in [-0.2, 0) is 6.18 Å². The maximum Gasteiger partial charge on any atom is 0.418 e. The van der Waals surface area contributed by atoms with Gasteiger partial charge in [0.15, 0.2) is 6.29 Å². The second-order valence-corrected chi connectivity index (χ2v) is 3.78. The Morgan fingerprint density at radius 3 is 2.31 bits per heavy atom. The summed E-state index contributed by atoms with van der Waals surface area (Å²) >= 11 is 1.11.